The molecule has 2 unspecified atom stereocenters. The Balaban J connectivity index is 2.27. The number of halogens is 1. The van der Waals surface area contributed by atoms with E-state index in [1.165, 1.54) is 5.75 Å². The summed E-state index contributed by atoms with van der Waals surface area (Å²) < 4.78 is 13.6. The van der Waals surface area contributed by atoms with E-state index < -0.39 is 0 Å². The summed E-state index contributed by atoms with van der Waals surface area (Å²) in [6, 6.07) is 6.00. The molecule has 1 heterocycles. The fourth-order valence-corrected chi connectivity index (χ4v) is 3.97. The molecule has 0 bridgehead atoms. The summed E-state index contributed by atoms with van der Waals surface area (Å²) in [6.45, 7) is 6.06. The highest BCUT2D eigenvalue weighted by molar-refractivity contribution is 7.99. The van der Waals surface area contributed by atoms with E-state index in [0.29, 0.717) is 6.04 Å². The SMILES string of the molecule is CCNC(c1cc(C)cc(F)c1)C1CSCCN1C. The van der Waals surface area contributed by atoms with Crippen LogP contribution in [0.2, 0.25) is 0 Å². The van der Waals surface area contributed by atoms with E-state index in [1.807, 2.05) is 18.7 Å². The van der Waals surface area contributed by atoms with Crippen LogP contribution in [0, 0.1) is 12.7 Å². The average Bonchev–Trinajstić information content (AvgIpc) is 2.36. The summed E-state index contributed by atoms with van der Waals surface area (Å²) in [6.07, 6.45) is 0. The van der Waals surface area contributed by atoms with Crippen molar-refractivity contribution >= 4 is 11.8 Å². The number of hydrogen-bond donors (Lipinski definition) is 1. The zero-order chi connectivity index (χ0) is 13.8. The minimum Gasteiger partial charge on any atom is -0.309 e. The third kappa shape index (κ3) is 3.71. The molecule has 0 aliphatic carbocycles. The first-order valence-electron chi connectivity index (χ1n) is 6.90. The van der Waals surface area contributed by atoms with Crippen molar-refractivity contribution in [1.29, 1.82) is 0 Å². The predicted octanol–water partition coefficient (Wildman–Crippen LogP) is 2.83. The molecule has 4 heteroatoms. The van der Waals surface area contributed by atoms with Gasteiger partial charge in [0.25, 0.3) is 0 Å². The first kappa shape index (κ1) is 14.8. The van der Waals surface area contributed by atoms with Crippen LogP contribution in [-0.2, 0) is 0 Å². The predicted molar refractivity (Wildman–Crippen MR) is 81.3 cm³/mol. The first-order valence-corrected chi connectivity index (χ1v) is 8.05. The zero-order valence-electron chi connectivity index (χ0n) is 11.9. The number of nitrogens with zero attached hydrogens (tertiary/aromatic N) is 1. The van der Waals surface area contributed by atoms with E-state index in [4.69, 9.17) is 0 Å². The van der Waals surface area contributed by atoms with E-state index in [0.717, 1.165) is 30.0 Å². The lowest BCUT2D eigenvalue weighted by atomic mass is 9.97. The van der Waals surface area contributed by atoms with Crippen LogP contribution in [0.1, 0.15) is 24.1 Å². The molecule has 0 amide bonds. The summed E-state index contributed by atoms with van der Waals surface area (Å²) in [5.74, 6) is 2.15. The number of likely N-dealkylation sites (N-methyl/N-ethyl adjacent to an activating group) is 2. The molecule has 106 valence electrons. The van der Waals surface area contributed by atoms with E-state index in [2.05, 4.69) is 30.3 Å². The van der Waals surface area contributed by atoms with Gasteiger partial charge in [0, 0.05) is 30.1 Å². The topological polar surface area (TPSA) is 15.3 Å². The first-order chi connectivity index (χ1) is 9.11. The highest BCUT2D eigenvalue weighted by Gasteiger charge is 2.28. The van der Waals surface area contributed by atoms with E-state index in [1.54, 1.807) is 12.1 Å². The van der Waals surface area contributed by atoms with Crippen molar-refractivity contribution in [2.45, 2.75) is 25.9 Å². The highest BCUT2D eigenvalue weighted by atomic mass is 32.2. The molecule has 1 aromatic carbocycles. The lowest BCUT2D eigenvalue weighted by Gasteiger charge is -2.38. The van der Waals surface area contributed by atoms with Gasteiger partial charge in [0.2, 0.25) is 0 Å². The number of nitrogens with one attached hydrogen (secondary N) is 1. The van der Waals surface area contributed by atoms with Crippen LogP contribution in [-0.4, -0.2) is 42.6 Å². The van der Waals surface area contributed by atoms with E-state index in [9.17, 15) is 4.39 Å². The Morgan fingerprint density at radius 1 is 1.47 bits per heavy atom. The van der Waals surface area contributed by atoms with Crippen LogP contribution in [0.25, 0.3) is 0 Å². The Morgan fingerprint density at radius 2 is 2.26 bits per heavy atom. The van der Waals surface area contributed by atoms with Gasteiger partial charge in [0.05, 0.1) is 0 Å². The molecule has 1 saturated heterocycles. The fraction of sp³-hybridized carbons (Fsp3) is 0.600. The molecule has 1 fully saturated rings. The minimum absolute atomic E-state index is 0.135. The minimum atomic E-state index is -0.135. The number of benzene rings is 1. The maximum Gasteiger partial charge on any atom is 0.123 e. The number of thioether (sulfide) groups is 1. The molecule has 2 atom stereocenters. The van der Waals surface area contributed by atoms with Crippen molar-refractivity contribution in [3.05, 3.63) is 35.1 Å². The monoisotopic (exact) mass is 282 g/mol. The Labute approximate surface area is 119 Å². The van der Waals surface area contributed by atoms with Gasteiger partial charge in [0.15, 0.2) is 0 Å². The molecular weight excluding hydrogens is 259 g/mol. The van der Waals surface area contributed by atoms with Crippen molar-refractivity contribution in [3.63, 3.8) is 0 Å². The quantitative estimate of drug-likeness (QED) is 0.914. The van der Waals surface area contributed by atoms with Crippen LogP contribution < -0.4 is 5.32 Å². The van der Waals surface area contributed by atoms with Gasteiger partial charge >= 0.3 is 0 Å². The Kier molecular flexibility index (Phi) is 5.25. The zero-order valence-corrected chi connectivity index (χ0v) is 12.8. The summed E-state index contributed by atoms with van der Waals surface area (Å²) in [5, 5.41) is 3.53. The maximum atomic E-state index is 13.6. The van der Waals surface area contributed by atoms with Gasteiger partial charge in [-0.15, -0.1) is 0 Å². The molecule has 1 aromatic rings. The van der Waals surface area contributed by atoms with Gasteiger partial charge in [-0.25, -0.2) is 4.39 Å². The smallest absolute Gasteiger partial charge is 0.123 e. The summed E-state index contributed by atoms with van der Waals surface area (Å²) in [4.78, 5) is 2.39. The van der Waals surface area contributed by atoms with Crippen LogP contribution in [0.4, 0.5) is 4.39 Å². The molecule has 19 heavy (non-hydrogen) atoms. The third-order valence-electron chi connectivity index (χ3n) is 3.68. The Bertz CT molecular complexity index is 404. The second-order valence-electron chi connectivity index (χ2n) is 5.22. The molecule has 2 nitrogen and oxygen atoms in total. The molecule has 1 aliphatic heterocycles. The normalized spacial score (nSPS) is 22.4. The second kappa shape index (κ2) is 6.73. The lowest BCUT2D eigenvalue weighted by molar-refractivity contribution is 0.217. The Morgan fingerprint density at radius 3 is 2.89 bits per heavy atom. The molecule has 0 radical (unpaired) electrons. The Hall–Kier alpha value is -0.580. The second-order valence-corrected chi connectivity index (χ2v) is 6.37. The number of aryl methyl sites for hydroxylation is 1. The van der Waals surface area contributed by atoms with Crippen molar-refractivity contribution in [1.82, 2.24) is 10.2 Å². The summed E-state index contributed by atoms with van der Waals surface area (Å²) >= 11 is 1.99. The maximum absolute atomic E-state index is 13.6. The van der Waals surface area contributed by atoms with Crippen LogP contribution >= 0.6 is 11.8 Å². The van der Waals surface area contributed by atoms with Crippen LogP contribution in [0.3, 0.4) is 0 Å². The van der Waals surface area contributed by atoms with Crippen molar-refractivity contribution in [2.75, 3.05) is 31.6 Å². The van der Waals surface area contributed by atoms with Crippen molar-refractivity contribution in [2.24, 2.45) is 0 Å². The standard InChI is InChI=1S/C15H23FN2S/c1-4-17-15(14-10-19-6-5-18(14)3)12-7-11(2)8-13(16)9-12/h7-9,14-15,17H,4-6,10H2,1-3H3. The number of hydrogen-bond acceptors (Lipinski definition) is 3. The average molecular weight is 282 g/mol. The third-order valence-corrected chi connectivity index (χ3v) is 4.72. The van der Waals surface area contributed by atoms with Gasteiger partial charge in [-0.3, -0.25) is 4.90 Å². The molecule has 0 aromatic heterocycles. The molecular formula is C15H23FN2S. The van der Waals surface area contributed by atoms with Crippen molar-refractivity contribution < 1.29 is 4.39 Å². The van der Waals surface area contributed by atoms with Gasteiger partial charge < -0.3 is 5.32 Å². The molecule has 1 aliphatic rings. The van der Waals surface area contributed by atoms with Crippen molar-refractivity contribution in [3.8, 4) is 0 Å². The molecule has 1 N–H and O–H groups in total. The van der Waals surface area contributed by atoms with E-state index >= 15 is 0 Å². The summed E-state index contributed by atoms with van der Waals surface area (Å²) in [5.41, 5.74) is 2.06. The summed E-state index contributed by atoms with van der Waals surface area (Å²) in [7, 11) is 2.17. The molecule has 0 spiro atoms. The molecule has 2 rings (SSSR count). The van der Waals surface area contributed by atoms with Crippen LogP contribution in [0.5, 0.6) is 0 Å². The molecule has 0 saturated carbocycles. The van der Waals surface area contributed by atoms with Gasteiger partial charge in [0.1, 0.15) is 5.82 Å². The van der Waals surface area contributed by atoms with Crippen LogP contribution in [0.15, 0.2) is 18.2 Å². The fourth-order valence-electron chi connectivity index (χ4n) is 2.70. The number of rotatable bonds is 4. The van der Waals surface area contributed by atoms with Gasteiger partial charge in [-0.05, 0) is 43.8 Å². The lowest BCUT2D eigenvalue weighted by Crippen LogP contribution is -2.47. The largest absolute Gasteiger partial charge is 0.309 e. The van der Waals surface area contributed by atoms with Gasteiger partial charge in [-0.2, -0.15) is 11.8 Å². The highest BCUT2D eigenvalue weighted by Crippen LogP contribution is 2.27. The van der Waals surface area contributed by atoms with Gasteiger partial charge in [-0.1, -0.05) is 13.0 Å². The van der Waals surface area contributed by atoms with E-state index in [-0.39, 0.29) is 11.9 Å².